The Labute approximate surface area is 164 Å². The number of hydrazone groups is 1. The minimum absolute atomic E-state index is 0.0645. The molecule has 0 aliphatic heterocycles. The molecule has 2 N–H and O–H groups in total. The number of rotatable bonds is 10. The van der Waals surface area contributed by atoms with Gasteiger partial charge < -0.3 is 10.5 Å². The molecule has 2 amide bonds. The number of nitrogens with zero attached hydrogens (tertiary/aromatic N) is 2. The molecule has 0 saturated heterocycles. The highest BCUT2D eigenvalue weighted by Crippen LogP contribution is 2.31. The molecule has 1 aromatic rings. The van der Waals surface area contributed by atoms with Crippen molar-refractivity contribution >= 4 is 40.0 Å². The van der Waals surface area contributed by atoms with Crippen molar-refractivity contribution < 1.29 is 14.3 Å². The molecule has 26 heavy (non-hydrogen) atoms. The molecule has 0 spiro atoms. The molecule has 0 aromatic heterocycles. The Hall–Kier alpha value is -1.67. The molecule has 1 rings (SSSR count). The predicted octanol–water partition coefficient (Wildman–Crippen LogP) is 3.26. The van der Waals surface area contributed by atoms with E-state index in [-0.39, 0.29) is 16.6 Å². The van der Waals surface area contributed by atoms with Crippen LogP contribution >= 0.6 is 22.5 Å². The van der Waals surface area contributed by atoms with Gasteiger partial charge in [0.25, 0.3) is 0 Å². The lowest BCUT2D eigenvalue weighted by Gasteiger charge is -2.22. The average molecular weight is 398 g/mol. The molecule has 0 heterocycles. The van der Waals surface area contributed by atoms with E-state index in [1.54, 1.807) is 7.05 Å². The van der Waals surface area contributed by atoms with Gasteiger partial charge in [0.2, 0.25) is 11.8 Å². The molecule has 0 unspecified atom stereocenters. The third-order valence-corrected chi connectivity index (χ3v) is 5.71. The fourth-order valence-electron chi connectivity index (χ4n) is 2.08. The molecular formula is C18H27N3O3S2. The Kier molecular flexibility index (Phi) is 9.01. The highest BCUT2D eigenvalue weighted by atomic mass is 33.1. The van der Waals surface area contributed by atoms with Crippen LogP contribution in [0.5, 0.6) is 5.75 Å². The number of primary amides is 1. The number of carbonyl (C=O) groups is 2. The maximum Gasteiger partial charge on any atom is 0.243 e. The van der Waals surface area contributed by atoms with Gasteiger partial charge >= 0.3 is 0 Å². The van der Waals surface area contributed by atoms with E-state index in [4.69, 9.17) is 10.5 Å². The third kappa shape index (κ3) is 8.14. The summed E-state index contributed by atoms with van der Waals surface area (Å²) in [5, 5.41) is 5.73. The predicted molar refractivity (Wildman–Crippen MR) is 111 cm³/mol. The van der Waals surface area contributed by atoms with E-state index in [0.29, 0.717) is 31.6 Å². The van der Waals surface area contributed by atoms with Gasteiger partial charge in [-0.2, -0.15) is 5.10 Å². The number of hydrogen-bond acceptors (Lipinski definition) is 6. The van der Waals surface area contributed by atoms with Gasteiger partial charge in [-0.25, -0.2) is 5.01 Å². The van der Waals surface area contributed by atoms with Gasteiger partial charge in [0.05, 0.1) is 12.3 Å². The van der Waals surface area contributed by atoms with Gasteiger partial charge in [-0.3, -0.25) is 9.59 Å². The van der Waals surface area contributed by atoms with Crippen molar-refractivity contribution in [2.75, 3.05) is 13.7 Å². The van der Waals surface area contributed by atoms with E-state index in [1.165, 1.54) is 15.8 Å². The SMILES string of the molecule is C/C(=N\N(C)C(=O)CC(C)(C)SS)c1ccc(OCCCC(N)=O)cc1. The highest BCUT2D eigenvalue weighted by Gasteiger charge is 2.23. The second-order valence-electron chi connectivity index (χ2n) is 6.57. The fraction of sp³-hybridized carbons (Fsp3) is 0.500. The van der Waals surface area contributed by atoms with Crippen LogP contribution in [0.15, 0.2) is 29.4 Å². The highest BCUT2D eigenvalue weighted by molar-refractivity contribution is 8.69. The van der Waals surface area contributed by atoms with Crippen LogP contribution in [0, 0.1) is 0 Å². The van der Waals surface area contributed by atoms with Crippen molar-refractivity contribution in [1.29, 1.82) is 0 Å². The Bertz CT molecular complexity index is 646. The largest absolute Gasteiger partial charge is 0.494 e. The average Bonchev–Trinajstić information content (AvgIpc) is 2.58. The fourth-order valence-corrected chi connectivity index (χ4v) is 2.46. The van der Waals surface area contributed by atoms with Crippen LogP contribution in [-0.4, -0.2) is 40.9 Å². The summed E-state index contributed by atoms with van der Waals surface area (Å²) >= 11 is 4.20. The number of thiol groups is 1. The van der Waals surface area contributed by atoms with Gasteiger partial charge in [-0.1, -0.05) is 10.8 Å². The van der Waals surface area contributed by atoms with Crippen molar-refractivity contribution in [2.24, 2.45) is 10.8 Å². The first-order valence-corrected chi connectivity index (χ1v) is 10.2. The summed E-state index contributed by atoms with van der Waals surface area (Å²) in [7, 11) is 3.01. The van der Waals surface area contributed by atoms with Crippen LogP contribution in [0.1, 0.15) is 45.6 Å². The second kappa shape index (κ2) is 10.5. The minimum Gasteiger partial charge on any atom is -0.494 e. The van der Waals surface area contributed by atoms with Crippen molar-refractivity contribution in [1.82, 2.24) is 5.01 Å². The van der Waals surface area contributed by atoms with E-state index in [0.717, 1.165) is 11.3 Å². The van der Waals surface area contributed by atoms with E-state index < -0.39 is 0 Å². The number of benzene rings is 1. The molecule has 144 valence electrons. The number of amides is 2. The normalized spacial score (nSPS) is 12.0. The summed E-state index contributed by atoms with van der Waals surface area (Å²) in [6.07, 6.45) is 1.25. The van der Waals surface area contributed by atoms with E-state index >= 15 is 0 Å². The lowest BCUT2D eigenvalue weighted by atomic mass is 10.1. The van der Waals surface area contributed by atoms with Crippen LogP contribution < -0.4 is 10.5 Å². The number of nitrogens with two attached hydrogens (primary N) is 1. The smallest absolute Gasteiger partial charge is 0.243 e. The van der Waals surface area contributed by atoms with Gasteiger partial charge in [-0.15, -0.1) is 11.7 Å². The third-order valence-electron chi connectivity index (χ3n) is 3.59. The zero-order valence-corrected chi connectivity index (χ0v) is 17.4. The molecule has 0 saturated carbocycles. The lowest BCUT2D eigenvalue weighted by molar-refractivity contribution is -0.130. The molecule has 1 aromatic carbocycles. The van der Waals surface area contributed by atoms with E-state index in [9.17, 15) is 9.59 Å². The van der Waals surface area contributed by atoms with Gasteiger partial charge in [0.15, 0.2) is 0 Å². The molecule has 0 bridgehead atoms. The summed E-state index contributed by atoms with van der Waals surface area (Å²) in [6, 6.07) is 7.43. The monoisotopic (exact) mass is 397 g/mol. The Morgan fingerprint density at radius 2 is 1.92 bits per heavy atom. The first kappa shape index (κ1) is 22.4. The zero-order chi connectivity index (χ0) is 19.7. The van der Waals surface area contributed by atoms with Crippen molar-refractivity contribution in [3.63, 3.8) is 0 Å². The molecule has 0 fully saturated rings. The van der Waals surface area contributed by atoms with Crippen LogP contribution in [0.25, 0.3) is 0 Å². The van der Waals surface area contributed by atoms with Crippen LogP contribution in [-0.2, 0) is 9.59 Å². The maximum atomic E-state index is 12.3. The summed E-state index contributed by atoms with van der Waals surface area (Å²) in [4.78, 5) is 22.9. The van der Waals surface area contributed by atoms with Crippen LogP contribution in [0.4, 0.5) is 0 Å². The Morgan fingerprint density at radius 3 is 2.46 bits per heavy atom. The number of hydrogen-bond donors (Lipinski definition) is 2. The molecule has 0 aliphatic carbocycles. The van der Waals surface area contributed by atoms with E-state index in [1.807, 2.05) is 45.0 Å². The number of carbonyl (C=O) groups excluding carboxylic acids is 2. The Morgan fingerprint density at radius 1 is 1.31 bits per heavy atom. The van der Waals surface area contributed by atoms with Crippen molar-refractivity contribution in [2.45, 2.75) is 44.8 Å². The quantitative estimate of drug-likeness (QED) is 0.209. The molecule has 8 heteroatoms. The first-order chi connectivity index (χ1) is 12.1. The van der Waals surface area contributed by atoms with Crippen LogP contribution in [0.2, 0.25) is 0 Å². The van der Waals surface area contributed by atoms with Gasteiger partial charge in [0.1, 0.15) is 5.75 Å². The van der Waals surface area contributed by atoms with Crippen molar-refractivity contribution in [3.8, 4) is 5.75 Å². The summed E-state index contributed by atoms with van der Waals surface area (Å²) in [5.41, 5.74) is 6.72. The number of ether oxygens (including phenoxy) is 1. The minimum atomic E-state index is -0.328. The maximum absolute atomic E-state index is 12.3. The molecule has 0 radical (unpaired) electrons. The topological polar surface area (TPSA) is 85.0 Å². The van der Waals surface area contributed by atoms with Gasteiger partial charge in [0, 0.05) is 24.6 Å². The molecule has 0 aliphatic rings. The van der Waals surface area contributed by atoms with Crippen molar-refractivity contribution in [3.05, 3.63) is 29.8 Å². The molecular weight excluding hydrogens is 370 g/mol. The molecule has 6 nitrogen and oxygen atoms in total. The Balaban J connectivity index is 2.63. The summed E-state index contributed by atoms with van der Waals surface area (Å²) < 4.78 is 5.31. The van der Waals surface area contributed by atoms with E-state index in [2.05, 4.69) is 16.8 Å². The standard InChI is InChI=1S/C18H27N3O3S2/c1-13(20-21(4)17(23)12-18(2,3)26-25)14-7-9-15(10-8-14)24-11-5-6-16(19)22/h7-10,25H,5-6,11-12H2,1-4H3,(H2,19,22)/b20-13+. The molecule has 0 atom stereocenters. The second-order valence-corrected chi connectivity index (χ2v) is 8.41. The van der Waals surface area contributed by atoms with Gasteiger partial charge in [-0.05, 0) is 57.0 Å². The summed E-state index contributed by atoms with van der Waals surface area (Å²) in [6.45, 7) is 6.22. The zero-order valence-electron chi connectivity index (χ0n) is 15.7. The van der Waals surface area contributed by atoms with Crippen LogP contribution in [0.3, 0.4) is 0 Å². The lowest BCUT2D eigenvalue weighted by Crippen LogP contribution is -2.29. The summed E-state index contributed by atoms with van der Waals surface area (Å²) in [5.74, 6) is 0.319. The first-order valence-electron chi connectivity index (χ1n) is 8.30.